The minimum Gasteiger partial charge on any atom is -0.459 e. The summed E-state index contributed by atoms with van der Waals surface area (Å²) in [5.41, 5.74) is 0.0534. The Morgan fingerprint density at radius 2 is 1.96 bits per heavy atom. The molecule has 2 rings (SSSR count). The second-order valence-corrected chi connectivity index (χ2v) is 5.85. The van der Waals surface area contributed by atoms with E-state index >= 15 is 0 Å². The number of nitrogens with one attached hydrogen (secondary N) is 1. The van der Waals surface area contributed by atoms with Crippen molar-refractivity contribution in [1.29, 1.82) is 0 Å². The Hall–Kier alpha value is -2.40. The molecular weight excluding hydrogens is 292 g/mol. The largest absolute Gasteiger partial charge is 0.459 e. The summed E-state index contributed by atoms with van der Waals surface area (Å²) >= 11 is 0. The van der Waals surface area contributed by atoms with Crippen molar-refractivity contribution in [1.82, 2.24) is 4.98 Å². The minimum atomic E-state index is -1.09. The van der Waals surface area contributed by atoms with Crippen molar-refractivity contribution in [2.75, 3.05) is 11.9 Å². The van der Waals surface area contributed by atoms with Gasteiger partial charge in [-0.1, -0.05) is 30.3 Å². The number of pyridine rings is 1. The number of nitrogens with zero attached hydrogens (tertiary/aromatic N) is 1. The molecular formula is C18H22N2O3. The van der Waals surface area contributed by atoms with Crippen molar-refractivity contribution >= 4 is 11.8 Å². The molecule has 0 fully saturated rings. The third-order valence-corrected chi connectivity index (χ3v) is 3.37. The first kappa shape index (κ1) is 17.0. The van der Waals surface area contributed by atoms with E-state index in [-0.39, 0.29) is 12.6 Å². The first-order valence-electron chi connectivity index (χ1n) is 7.58. The van der Waals surface area contributed by atoms with Crippen molar-refractivity contribution in [2.24, 2.45) is 0 Å². The van der Waals surface area contributed by atoms with Gasteiger partial charge in [-0.15, -0.1) is 0 Å². The number of aliphatic hydroxyl groups is 1. The molecule has 2 N–H and O–H groups in total. The topological polar surface area (TPSA) is 71.5 Å². The summed E-state index contributed by atoms with van der Waals surface area (Å²) in [5.74, 6) is -0.0377. The smallest absolute Gasteiger partial charge is 0.342 e. The molecule has 122 valence electrons. The van der Waals surface area contributed by atoms with E-state index in [2.05, 4.69) is 10.3 Å². The molecule has 0 spiro atoms. The first-order valence-corrected chi connectivity index (χ1v) is 7.58. The number of aromatic nitrogens is 1. The molecule has 0 aliphatic carbocycles. The highest BCUT2D eigenvalue weighted by atomic mass is 16.5. The van der Waals surface area contributed by atoms with Gasteiger partial charge in [-0.2, -0.15) is 0 Å². The van der Waals surface area contributed by atoms with Crippen LogP contribution in [-0.2, 0) is 10.3 Å². The standard InChI is InChI=1S/C18H22N2O3/c1-13(2)23-17(21)15-10-7-11-19-16(15)20-12-18(3,22)14-8-5-4-6-9-14/h4-11,13,22H,12H2,1-3H3,(H,19,20). The Balaban J connectivity index is 2.13. The van der Waals surface area contributed by atoms with Crippen molar-refractivity contribution in [3.05, 3.63) is 59.8 Å². The van der Waals surface area contributed by atoms with E-state index in [4.69, 9.17) is 4.74 Å². The van der Waals surface area contributed by atoms with Crippen LogP contribution in [0.15, 0.2) is 48.7 Å². The highest BCUT2D eigenvalue weighted by Crippen LogP contribution is 2.22. The maximum Gasteiger partial charge on any atom is 0.342 e. The minimum absolute atomic E-state index is 0.206. The van der Waals surface area contributed by atoms with Crippen LogP contribution >= 0.6 is 0 Å². The third-order valence-electron chi connectivity index (χ3n) is 3.37. The Bertz CT molecular complexity index is 654. The van der Waals surface area contributed by atoms with Gasteiger partial charge in [0, 0.05) is 12.7 Å². The summed E-state index contributed by atoms with van der Waals surface area (Å²) in [6.45, 7) is 5.52. The maximum absolute atomic E-state index is 12.1. The molecule has 0 saturated heterocycles. The summed E-state index contributed by atoms with van der Waals surface area (Å²) in [7, 11) is 0. The Morgan fingerprint density at radius 1 is 1.26 bits per heavy atom. The maximum atomic E-state index is 12.1. The van der Waals surface area contributed by atoms with Gasteiger partial charge in [-0.25, -0.2) is 9.78 Å². The fraction of sp³-hybridized carbons (Fsp3) is 0.333. The van der Waals surface area contributed by atoms with Crippen LogP contribution in [0.3, 0.4) is 0 Å². The number of carbonyl (C=O) groups excluding carboxylic acids is 1. The molecule has 1 aromatic heterocycles. The molecule has 0 saturated carbocycles. The monoisotopic (exact) mass is 314 g/mol. The quantitative estimate of drug-likeness (QED) is 0.802. The lowest BCUT2D eigenvalue weighted by Gasteiger charge is -2.25. The van der Waals surface area contributed by atoms with Crippen LogP contribution in [0.25, 0.3) is 0 Å². The van der Waals surface area contributed by atoms with Gasteiger partial charge in [0.2, 0.25) is 0 Å². The van der Waals surface area contributed by atoms with E-state index in [0.717, 1.165) is 5.56 Å². The zero-order chi connectivity index (χ0) is 16.9. The number of benzene rings is 1. The van der Waals surface area contributed by atoms with Gasteiger partial charge in [-0.3, -0.25) is 0 Å². The van der Waals surface area contributed by atoms with Crippen LogP contribution in [0.5, 0.6) is 0 Å². The van der Waals surface area contributed by atoms with Crippen molar-refractivity contribution < 1.29 is 14.6 Å². The Labute approximate surface area is 136 Å². The molecule has 1 atom stereocenters. The molecule has 0 radical (unpaired) electrons. The Morgan fingerprint density at radius 3 is 2.61 bits per heavy atom. The molecule has 2 aromatic rings. The predicted molar refractivity (Wildman–Crippen MR) is 89.3 cm³/mol. The van der Waals surface area contributed by atoms with Gasteiger partial charge in [0.1, 0.15) is 17.0 Å². The van der Waals surface area contributed by atoms with E-state index in [1.54, 1.807) is 39.1 Å². The van der Waals surface area contributed by atoms with E-state index in [9.17, 15) is 9.90 Å². The number of esters is 1. The summed E-state index contributed by atoms with van der Waals surface area (Å²) < 4.78 is 5.21. The molecule has 0 aliphatic rings. The van der Waals surface area contributed by atoms with E-state index in [1.807, 2.05) is 30.3 Å². The molecule has 5 nitrogen and oxygen atoms in total. The van der Waals surface area contributed by atoms with Gasteiger partial charge in [0.25, 0.3) is 0 Å². The van der Waals surface area contributed by atoms with E-state index < -0.39 is 11.6 Å². The normalized spacial score (nSPS) is 13.4. The zero-order valence-corrected chi connectivity index (χ0v) is 13.6. The zero-order valence-electron chi connectivity index (χ0n) is 13.6. The van der Waals surface area contributed by atoms with E-state index in [0.29, 0.717) is 11.4 Å². The lowest BCUT2D eigenvalue weighted by molar-refractivity contribution is 0.0377. The number of ether oxygens (including phenoxy) is 1. The molecule has 0 amide bonds. The summed E-state index contributed by atoms with van der Waals surface area (Å²) in [5, 5.41) is 13.7. The number of carbonyl (C=O) groups is 1. The summed E-state index contributed by atoms with van der Waals surface area (Å²) in [6.07, 6.45) is 1.38. The lowest BCUT2D eigenvalue weighted by Crippen LogP contribution is -2.31. The second-order valence-electron chi connectivity index (χ2n) is 5.85. The van der Waals surface area contributed by atoms with Crippen LogP contribution in [0.2, 0.25) is 0 Å². The molecule has 0 aliphatic heterocycles. The van der Waals surface area contributed by atoms with Crippen LogP contribution in [-0.4, -0.2) is 28.7 Å². The van der Waals surface area contributed by atoms with Gasteiger partial charge < -0.3 is 15.2 Å². The van der Waals surface area contributed by atoms with Gasteiger partial charge in [0.15, 0.2) is 0 Å². The van der Waals surface area contributed by atoms with Crippen LogP contribution in [0, 0.1) is 0 Å². The van der Waals surface area contributed by atoms with Crippen LogP contribution in [0.4, 0.5) is 5.82 Å². The number of hydrogen-bond donors (Lipinski definition) is 2. The molecule has 5 heteroatoms. The number of hydrogen-bond acceptors (Lipinski definition) is 5. The molecule has 0 bridgehead atoms. The van der Waals surface area contributed by atoms with Crippen molar-refractivity contribution in [2.45, 2.75) is 32.5 Å². The summed E-state index contributed by atoms with van der Waals surface area (Å²) in [4.78, 5) is 16.3. The fourth-order valence-electron chi connectivity index (χ4n) is 2.14. The van der Waals surface area contributed by atoms with Crippen molar-refractivity contribution in [3.63, 3.8) is 0 Å². The second kappa shape index (κ2) is 7.24. The number of rotatable bonds is 6. The molecule has 23 heavy (non-hydrogen) atoms. The fourth-order valence-corrected chi connectivity index (χ4v) is 2.14. The SMILES string of the molecule is CC(C)OC(=O)c1cccnc1NCC(C)(O)c1ccccc1. The first-order chi connectivity index (χ1) is 10.9. The van der Waals surface area contributed by atoms with Gasteiger partial charge in [0.05, 0.1) is 6.10 Å². The number of anilines is 1. The van der Waals surface area contributed by atoms with E-state index in [1.165, 1.54) is 0 Å². The molecule has 1 heterocycles. The molecule has 1 unspecified atom stereocenters. The Kier molecular flexibility index (Phi) is 5.34. The van der Waals surface area contributed by atoms with Crippen LogP contribution < -0.4 is 5.32 Å². The summed E-state index contributed by atoms with van der Waals surface area (Å²) in [6, 6.07) is 12.7. The third kappa shape index (κ3) is 4.53. The van der Waals surface area contributed by atoms with Crippen molar-refractivity contribution in [3.8, 4) is 0 Å². The highest BCUT2D eigenvalue weighted by molar-refractivity contribution is 5.94. The lowest BCUT2D eigenvalue weighted by atomic mass is 9.96. The van der Waals surface area contributed by atoms with Gasteiger partial charge >= 0.3 is 5.97 Å². The molecule has 1 aromatic carbocycles. The average molecular weight is 314 g/mol. The van der Waals surface area contributed by atoms with Crippen LogP contribution in [0.1, 0.15) is 36.7 Å². The predicted octanol–water partition coefficient (Wildman–Crippen LogP) is 2.97. The highest BCUT2D eigenvalue weighted by Gasteiger charge is 2.24. The average Bonchev–Trinajstić information content (AvgIpc) is 2.53. The van der Waals surface area contributed by atoms with Gasteiger partial charge in [-0.05, 0) is 38.5 Å².